The summed E-state index contributed by atoms with van der Waals surface area (Å²) in [5.74, 6) is 0. The highest BCUT2D eigenvalue weighted by atomic mass is 14.8. The first kappa shape index (κ1) is 14.3. The van der Waals surface area contributed by atoms with Gasteiger partial charge in [-0.05, 0) is 23.6 Å². The van der Waals surface area contributed by atoms with E-state index in [4.69, 9.17) is 4.99 Å². The van der Waals surface area contributed by atoms with Crippen molar-refractivity contribution in [3.63, 3.8) is 0 Å². The van der Waals surface area contributed by atoms with Crippen molar-refractivity contribution in [3.8, 4) is 0 Å². The van der Waals surface area contributed by atoms with Gasteiger partial charge in [-0.1, -0.05) is 90.5 Å². The smallest absolute Gasteiger partial charge is 0.0999 e. The zero-order valence-corrected chi connectivity index (χ0v) is 12.7. The first-order valence-corrected chi connectivity index (χ1v) is 7.53. The Hall–Kier alpha value is -2.67. The number of hydrogen-bond donors (Lipinski definition) is 0. The first-order chi connectivity index (χ1) is 10.8. The largest absolute Gasteiger partial charge is 0.280 e. The molecule has 0 spiro atoms. The third-order valence-electron chi connectivity index (χ3n) is 3.65. The molecule has 0 heterocycles. The number of aryl methyl sites for hydroxylation is 1. The second kappa shape index (κ2) is 6.86. The first-order valence-electron chi connectivity index (χ1n) is 7.53. The summed E-state index contributed by atoms with van der Waals surface area (Å²) >= 11 is 0. The summed E-state index contributed by atoms with van der Waals surface area (Å²) in [5, 5.41) is 0. The fourth-order valence-corrected chi connectivity index (χ4v) is 2.55. The van der Waals surface area contributed by atoms with Crippen molar-refractivity contribution < 1.29 is 0 Å². The zero-order valence-electron chi connectivity index (χ0n) is 12.7. The summed E-state index contributed by atoms with van der Waals surface area (Å²) < 4.78 is 0. The maximum absolute atomic E-state index is 4.85. The third kappa shape index (κ3) is 3.50. The highest BCUT2D eigenvalue weighted by molar-refractivity contribution is 5.80. The number of hydrogen-bond acceptors (Lipinski definition) is 1. The van der Waals surface area contributed by atoms with Crippen LogP contribution in [0.4, 0.5) is 0 Å². The van der Waals surface area contributed by atoms with Gasteiger partial charge in [0.2, 0.25) is 0 Å². The van der Waals surface area contributed by atoms with E-state index in [1.165, 1.54) is 16.7 Å². The summed E-state index contributed by atoms with van der Waals surface area (Å²) in [6.45, 7) is 2.10. The second-order valence-corrected chi connectivity index (χ2v) is 5.42. The Labute approximate surface area is 132 Å². The van der Waals surface area contributed by atoms with Gasteiger partial charge in [0.1, 0.15) is 0 Å². The molecule has 3 aromatic rings. The Bertz CT molecular complexity index is 706. The van der Waals surface area contributed by atoms with E-state index < -0.39 is 0 Å². The molecule has 22 heavy (non-hydrogen) atoms. The molecule has 0 unspecified atom stereocenters. The van der Waals surface area contributed by atoms with E-state index in [1.807, 2.05) is 18.3 Å². The fourth-order valence-electron chi connectivity index (χ4n) is 2.55. The van der Waals surface area contributed by atoms with Crippen molar-refractivity contribution in [2.75, 3.05) is 0 Å². The molecule has 0 N–H and O–H groups in total. The van der Waals surface area contributed by atoms with E-state index in [-0.39, 0.29) is 6.04 Å². The van der Waals surface area contributed by atoms with Crippen LogP contribution in [0.1, 0.15) is 28.3 Å². The molecular formula is C21H19N. The number of aliphatic imine (C=N–C) groups is 1. The SMILES string of the molecule is Cc1cccc(/C=N/C(c2ccccc2)c2ccccc2)c1. The van der Waals surface area contributed by atoms with Gasteiger partial charge in [0.05, 0.1) is 6.04 Å². The van der Waals surface area contributed by atoms with E-state index in [9.17, 15) is 0 Å². The summed E-state index contributed by atoms with van der Waals surface area (Å²) in [7, 11) is 0. The van der Waals surface area contributed by atoms with Crippen LogP contribution in [0.15, 0.2) is 89.9 Å². The van der Waals surface area contributed by atoms with Gasteiger partial charge in [0.15, 0.2) is 0 Å². The van der Waals surface area contributed by atoms with Gasteiger partial charge in [-0.25, -0.2) is 0 Å². The highest BCUT2D eigenvalue weighted by Gasteiger charge is 2.11. The fraction of sp³-hybridized carbons (Fsp3) is 0.0952. The molecule has 0 aliphatic carbocycles. The molecule has 0 fully saturated rings. The molecule has 0 radical (unpaired) electrons. The number of nitrogens with zero attached hydrogens (tertiary/aromatic N) is 1. The van der Waals surface area contributed by atoms with Crippen LogP contribution in [0.25, 0.3) is 0 Å². The quantitative estimate of drug-likeness (QED) is 0.584. The Kier molecular flexibility index (Phi) is 4.45. The molecule has 3 aromatic carbocycles. The lowest BCUT2D eigenvalue weighted by Crippen LogP contribution is -1.98. The summed E-state index contributed by atoms with van der Waals surface area (Å²) in [6.07, 6.45) is 1.97. The van der Waals surface area contributed by atoms with Crippen LogP contribution >= 0.6 is 0 Å². The van der Waals surface area contributed by atoms with E-state index in [1.54, 1.807) is 0 Å². The van der Waals surface area contributed by atoms with Crippen LogP contribution in [-0.2, 0) is 0 Å². The molecule has 108 valence electrons. The van der Waals surface area contributed by atoms with Gasteiger partial charge in [0.25, 0.3) is 0 Å². The monoisotopic (exact) mass is 285 g/mol. The Balaban J connectivity index is 1.96. The molecule has 3 rings (SSSR count). The summed E-state index contributed by atoms with van der Waals surface area (Å²) in [4.78, 5) is 4.85. The molecule has 0 amide bonds. The van der Waals surface area contributed by atoms with Gasteiger partial charge in [-0.15, -0.1) is 0 Å². The lowest BCUT2D eigenvalue weighted by Gasteiger charge is -2.13. The van der Waals surface area contributed by atoms with Crippen molar-refractivity contribution in [1.82, 2.24) is 0 Å². The third-order valence-corrected chi connectivity index (χ3v) is 3.65. The van der Waals surface area contributed by atoms with Gasteiger partial charge in [-0.2, -0.15) is 0 Å². The second-order valence-electron chi connectivity index (χ2n) is 5.42. The van der Waals surface area contributed by atoms with E-state index >= 15 is 0 Å². The van der Waals surface area contributed by atoms with Crippen molar-refractivity contribution in [1.29, 1.82) is 0 Å². The van der Waals surface area contributed by atoms with Crippen LogP contribution < -0.4 is 0 Å². The molecule has 0 atom stereocenters. The standard InChI is InChI=1S/C21H19N/c1-17-9-8-10-18(15-17)16-22-21(19-11-4-2-5-12-19)20-13-6-3-7-14-20/h2-16,21H,1H3/b22-16+. The lowest BCUT2D eigenvalue weighted by atomic mass is 9.99. The van der Waals surface area contributed by atoms with E-state index in [0.29, 0.717) is 0 Å². The summed E-state index contributed by atoms with van der Waals surface area (Å²) in [6, 6.07) is 29.3. The Morgan fingerprint density at radius 3 is 1.86 bits per heavy atom. The zero-order chi connectivity index (χ0) is 15.2. The van der Waals surface area contributed by atoms with Crippen LogP contribution in [0, 0.1) is 6.92 Å². The van der Waals surface area contributed by atoms with Gasteiger partial charge in [0, 0.05) is 6.21 Å². The van der Waals surface area contributed by atoms with Gasteiger partial charge < -0.3 is 0 Å². The van der Waals surface area contributed by atoms with Crippen molar-refractivity contribution in [3.05, 3.63) is 107 Å². The van der Waals surface area contributed by atoms with Crippen molar-refractivity contribution >= 4 is 6.21 Å². The topological polar surface area (TPSA) is 12.4 Å². The molecule has 0 saturated carbocycles. The molecular weight excluding hydrogens is 266 g/mol. The van der Waals surface area contributed by atoms with Gasteiger partial charge in [-0.3, -0.25) is 4.99 Å². The van der Waals surface area contributed by atoms with Crippen molar-refractivity contribution in [2.45, 2.75) is 13.0 Å². The molecule has 1 nitrogen and oxygen atoms in total. The molecule has 1 heteroatoms. The Morgan fingerprint density at radius 1 is 0.727 bits per heavy atom. The van der Waals surface area contributed by atoms with Crippen LogP contribution in [0.3, 0.4) is 0 Å². The van der Waals surface area contributed by atoms with E-state index in [0.717, 1.165) is 5.56 Å². The minimum absolute atomic E-state index is 0.0305. The molecule has 0 aliphatic heterocycles. The van der Waals surface area contributed by atoms with Crippen molar-refractivity contribution in [2.24, 2.45) is 4.99 Å². The van der Waals surface area contributed by atoms with Crippen LogP contribution in [0.5, 0.6) is 0 Å². The minimum atomic E-state index is 0.0305. The Morgan fingerprint density at radius 2 is 1.32 bits per heavy atom. The number of rotatable bonds is 4. The van der Waals surface area contributed by atoms with Gasteiger partial charge >= 0.3 is 0 Å². The molecule has 0 aromatic heterocycles. The normalized spacial score (nSPS) is 11.2. The maximum atomic E-state index is 4.85. The minimum Gasteiger partial charge on any atom is -0.280 e. The molecule has 0 saturated heterocycles. The molecule has 0 bridgehead atoms. The van der Waals surface area contributed by atoms with Crippen LogP contribution in [0.2, 0.25) is 0 Å². The predicted octanol–water partition coefficient (Wildman–Crippen LogP) is 5.20. The lowest BCUT2D eigenvalue weighted by molar-refractivity contribution is 0.878. The van der Waals surface area contributed by atoms with Crippen LogP contribution in [-0.4, -0.2) is 6.21 Å². The van der Waals surface area contributed by atoms with E-state index in [2.05, 4.69) is 79.7 Å². The summed E-state index contributed by atoms with van der Waals surface area (Å²) in [5.41, 5.74) is 4.80. The average Bonchev–Trinajstić information content (AvgIpc) is 2.57. The average molecular weight is 285 g/mol. The number of benzene rings is 3. The predicted molar refractivity (Wildman–Crippen MR) is 93.5 cm³/mol. The molecule has 0 aliphatic rings. The highest BCUT2D eigenvalue weighted by Crippen LogP contribution is 2.25. The maximum Gasteiger partial charge on any atom is 0.0999 e.